The summed E-state index contributed by atoms with van der Waals surface area (Å²) in [6.07, 6.45) is 3.39. The fourth-order valence-electron chi connectivity index (χ4n) is 3.14. The zero-order valence-corrected chi connectivity index (χ0v) is 12.7. The lowest BCUT2D eigenvalue weighted by Gasteiger charge is -2.16. The van der Waals surface area contributed by atoms with Crippen LogP contribution in [0.4, 0.5) is 0 Å². The van der Waals surface area contributed by atoms with E-state index in [1.165, 1.54) is 27.8 Å². The van der Waals surface area contributed by atoms with Gasteiger partial charge in [0.2, 0.25) is 6.79 Å². The normalized spacial score (nSPS) is 16.5. The van der Waals surface area contributed by atoms with Crippen molar-refractivity contribution >= 4 is 5.57 Å². The first-order chi connectivity index (χ1) is 10.8. The van der Waals surface area contributed by atoms with Crippen molar-refractivity contribution in [3.8, 4) is 22.6 Å². The number of rotatable bonds is 2. The second kappa shape index (κ2) is 5.50. The summed E-state index contributed by atoms with van der Waals surface area (Å²) in [5, 5.41) is 3.36. The zero-order valence-electron chi connectivity index (χ0n) is 12.7. The highest BCUT2D eigenvalue weighted by Gasteiger charge is 2.15. The van der Waals surface area contributed by atoms with Crippen molar-refractivity contribution in [2.75, 3.05) is 19.9 Å². The van der Waals surface area contributed by atoms with E-state index in [1.807, 2.05) is 6.07 Å². The molecule has 3 heteroatoms. The third kappa shape index (κ3) is 2.38. The van der Waals surface area contributed by atoms with Crippen LogP contribution in [0, 0.1) is 6.92 Å². The van der Waals surface area contributed by atoms with Gasteiger partial charge < -0.3 is 14.8 Å². The van der Waals surface area contributed by atoms with Crippen molar-refractivity contribution in [3.05, 3.63) is 53.6 Å². The lowest BCUT2D eigenvalue weighted by Crippen LogP contribution is -2.20. The van der Waals surface area contributed by atoms with Gasteiger partial charge in [0, 0.05) is 6.54 Å². The highest BCUT2D eigenvalue weighted by Crippen LogP contribution is 2.37. The summed E-state index contributed by atoms with van der Waals surface area (Å²) in [4.78, 5) is 0. The van der Waals surface area contributed by atoms with Crippen LogP contribution in [0.5, 0.6) is 11.5 Å². The SMILES string of the molecule is Cc1cc(C2=CCNCC2)ccc1-c1ccc2c(c1)OCO2. The first-order valence-corrected chi connectivity index (χ1v) is 7.72. The predicted octanol–water partition coefficient (Wildman–Crippen LogP) is 3.77. The summed E-state index contributed by atoms with van der Waals surface area (Å²) in [6.45, 7) is 4.52. The molecule has 0 saturated heterocycles. The van der Waals surface area contributed by atoms with Gasteiger partial charge in [0.1, 0.15) is 0 Å². The van der Waals surface area contributed by atoms with Gasteiger partial charge in [0.15, 0.2) is 11.5 Å². The Morgan fingerprint density at radius 3 is 2.64 bits per heavy atom. The predicted molar refractivity (Wildman–Crippen MR) is 88.2 cm³/mol. The van der Waals surface area contributed by atoms with Crippen molar-refractivity contribution in [3.63, 3.8) is 0 Å². The highest BCUT2D eigenvalue weighted by molar-refractivity contribution is 5.75. The van der Waals surface area contributed by atoms with Crippen LogP contribution in [0.25, 0.3) is 16.7 Å². The molecule has 2 aromatic carbocycles. The summed E-state index contributed by atoms with van der Waals surface area (Å²) in [5.41, 5.74) is 6.49. The summed E-state index contributed by atoms with van der Waals surface area (Å²) < 4.78 is 10.9. The Labute approximate surface area is 130 Å². The van der Waals surface area contributed by atoms with E-state index in [9.17, 15) is 0 Å². The van der Waals surface area contributed by atoms with Crippen LogP contribution < -0.4 is 14.8 Å². The molecule has 2 aromatic rings. The van der Waals surface area contributed by atoms with E-state index >= 15 is 0 Å². The minimum absolute atomic E-state index is 0.318. The Hall–Kier alpha value is -2.26. The van der Waals surface area contributed by atoms with Crippen LogP contribution in [-0.4, -0.2) is 19.9 Å². The minimum atomic E-state index is 0.318. The molecular formula is C19H19NO2. The molecule has 22 heavy (non-hydrogen) atoms. The molecule has 0 spiro atoms. The van der Waals surface area contributed by atoms with Crippen LogP contribution in [-0.2, 0) is 0 Å². The van der Waals surface area contributed by atoms with E-state index in [1.54, 1.807) is 0 Å². The molecular weight excluding hydrogens is 274 g/mol. The van der Waals surface area contributed by atoms with E-state index in [0.29, 0.717) is 6.79 Å². The van der Waals surface area contributed by atoms with Gasteiger partial charge in [-0.15, -0.1) is 0 Å². The average molecular weight is 293 g/mol. The number of aryl methyl sites for hydroxylation is 1. The molecule has 4 rings (SSSR count). The van der Waals surface area contributed by atoms with Crippen molar-refractivity contribution in [1.29, 1.82) is 0 Å². The van der Waals surface area contributed by atoms with Crippen LogP contribution in [0.2, 0.25) is 0 Å². The zero-order chi connectivity index (χ0) is 14.9. The summed E-state index contributed by atoms with van der Waals surface area (Å²) >= 11 is 0. The van der Waals surface area contributed by atoms with E-state index < -0.39 is 0 Å². The van der Waals surface area contributed by atoms with Gasteiger partial charge in [0.25, 0.3) is 0 Å². The van der Waals surface area contributed by atoms with Gasteiger partial charge in [-0.3, -0.25) is 0 Å². The van der Waals surface area contributed by atoms with Crippen LogP contribution >= 0.6 is 0 Å². The quantitative estimate of drug-likeness (QED) is 0.914. The maximum atomic E-state index is 5.48. The second-order valence-corrected chi connectivity index (χ2v) is 5.78. The third-order valence-corrected chi connectivity index (χ3v) is 4.34. The van der Waals surface area contributed by atoms with Gasteiger partial charge in [0.05, 0.1) is 0 Å². The minimum Gasteiger partial charge on any atom is -0.454 e. The number of ether oxygens (including phenoxy) is 2. The molecule has 0 atom stereocenters. The van der Waals surface area contributed by atoms with Crippen molar-refractivity contribution in [2.45, 2.75) is 13.3 Å². The molecule has 2 aliphatic rings. The summed E-state index contributed by atoms with van der Waals surface area (Å²) in [7, 11) is 0. The molecule has 0 amide bonds. The Bertz CT molecular complexity index is 749. The standard InChI is InChI=1S/C19H19NO2/c1-13-10-15(14-6-8-20-9-7-14)2-4-17(13)16-3-5-18-19(11-16)22-12-21-18/h2-6,10-11,20H,7-9,12H2,1H3. The second-order valence-electron chi connectivity index (χ2n) is 5.78. The van der Waals surface area contributed by atoms with Gasteiger partial charge in [-0.2, -0.15) is 0 Å². The maximum Gasteiger partial charge on any atom is 0.231 e. The van der Waals surface area contributed by atoms with Crippen molar-refractivity contribution in [2.24, 2.45) is 0 Å². The van der Waals surface area contributed by atoms with E-state index in [0.717, 1.165) is 31.0 Å². The molecule has 3 nitrogen and oxygen atoms in total. The van der Waals surface area contributed by atoms with Gasteiger partial charge in [-0.05, 0) is 59.8 Å². The molecule has 0 aromatic heterocycles. The van der Waals surface area contributed by atoms with Crippen molar-refractivity contribution in [1.82, 2.24) is 5.32 Å². The number of hydrogen-bond donors (Lipinski definition) is 1. The smallest absolute Gasteiger partial charge is 0.231 e. The van der Waals surface area contributed by atoms with Gasteiger partial charge in [-0.1, -0.05) is 30.3 Å². The first-order valence-electron chi connectivity index (χ1n) is 7.72. The Balaban J connectivity index is 1.69. The van der Waals surface area contributed by atoms with E-state index in [4.69, 9.17) is 9.47 Å². The molecule has 1 N–H and O–H groups in total. The molecule has 0 bridgehead atoms. The molecule has 0 aliphatic carbocycles. The molecule has 2 heterocycles. The highest BCUT2D eigenvalue weighted by atomic mass is 16.7. The molecule has 0 fully saturated rings. The van der Waals surface area contributed by atoms with Gasteiger partial charge >= 0.3 is 0 Å². The molecule has 0 radical (unpaired) electrons. The number of fused-ring (bicyclic) bond motifs is 1. The van der Waals surface area contributed by atoms with E-state index in [2.05, 4.69) is 48.6 Å². The number of nitrogens with one attached hydrogen (secondary N) is 1. The molecule has 0 saturated carbocycles. The molecule has 2 aliphatic heterocycles. The Morgan fingerprint density at radius 2 is 1.82 bits per heavy atom. The fourth-order valence-corrected chi connectivity index (χ4v) is 3.14. The molecule has 112 valence electrons. The van der Waals surface area contributed by atoms with Crippen molar-refractivity contribution < 1.29 is 9.47 Å². The third-order valence-electron chi connectivity index (χ3n) is 4.34. The summed E-state index contributed by atoms with van der Waals surface area (Å²) in [6, 6.07) is 12.9. The number of hydrogen-bond acceptors (Lipinski definition) is 3. The first kappa shape index (κ1) is 13.4. The summed E-state index contributed by atoms with van der Waals surface area (Å²) in [5.74, 6) is 1.67. The topological polar surface area (TPSA) is 30.5 Å². The largest absolute Gasteiger partial charge is 0.454 e. The lowest BCUT2D eigenvalue weighted by atomic mass is 9.93. The number of benzene rings is 2. The lowest BCUT2D eigenvalue weighted by molar-refractivity contribution is 0.174. The van der Waals surface area contributed by atoms with Gasteiger partial charge in [-0.25, -0.2) is 0 Å². The van der Waals surface area contributed by atoms with Crippen LogP contribution in [0.15, 0.2) is 42.5 Å². The Kier molecular flexibility index (Phi) is 3.35. The maximum absolute atomic E-state index is 5.48. The Morgan fingerprint density at radius 1 is 0.955 bits per heavy atom. The van der Waals surface area contributed by atoms with E-state index in [-0.39, 0.29) is 0 Å². The molecule has 0 unspecified atom stereocenters. The average Bonchev–Trinajstić information content (AvgIpc) is 3.03. The fraction of sp³-hybridized carbons (Fsp3) is 0.263. The van der Waals surface area contributed by atoms with Crippen LogP contribution in [0.3, 0.4) is 0 Å². The van der Waals surface area contributed by atoms with Crippen LogP contribution in [0.1, 0.15) is 17.5 Å². The monoisotopic (exact) mass is 293 g/mol.